The van der Waals surface area contributed by atoms with Crippen LogP contribution in [-0.4, -0.2) is 57.4 Å². The molecule has 0 spiro atoms. The van der Waals surface area contributed by atoms with E-state index in [1.807, 2.05) is 6.92 Å². The normalized spacial score (nSPS) is 19.5. The van der Waals surface area contributed by atoms with Crippen molar-refractivity contribution in [1.82, 2.24) is 4.98 Å². The van der Waals surface area contributed by atoms with Crippen LogP contribution in [0.2, 0.25) is 0 Å². The van der Waals surface area contributed by atoms with E-state index in [-0.39, 0.29) is 41.7 Å². The fourth-order valence-electron chi connectivity index (χ4n) is 6.00. The Hall–Kier alpha value is -3.25. The predicted molar refractivity (Wildman–Crippen MR) is 154 cm³/mol. The lowest BCUT2D eigenvalue weighted by Gasteiger charge is -2.36. The molecule has 44 heavy (non-hydrogen) atoms. The van der Waals surface area contributed by atoms with Crippen LogP contribution in [0.3, 0.4) is 0 Å². The quantitative estimate of drug-likeness (QED) is 0.184. The molecule has 0 saturated heterocycles. The third kappa shape index (κ3) is 7.17. The van der Waals surface area contributed by atoms with Gasteiger partial charge in [0.15, 0.2) is 11.6 Å². The molecule has 0 bridgehead atoms. The lowest BCUT2D eigenvalue weighted by molar-refractivity contribution is -0.139. The maximum Gasteiger partial charge on any atom is 0.421 e. The van der Waals surface area contributed by atoms with Gasteiger partial charge in [-0.3, -0.25) is 4.79 Å². The number of amides is 1. The number of carbonyl (C=O) groups excluding carboxylic acids is 2. The molecule has 2 fully saturated rings. The summed E-state index contributed by atoms with van der Waals surface area (Å²) in [5.41, 5.74) is -1.46. The maximum atomic E-state index is 15.8. The Bertz CT molecular complexity index is 1330. The van der Waals surface area contributed by atoms with Gasteiger partial charge in [0.05, 0.1) is 37.6 Å². The van der Waals surface area contributed by atoms with Crippen molar-refractivity contribution in [2.75, 3.05) is 39.4 Å². The van der Waals surface area contributed by atoms with E-state index in [2.05, 4.69) is 11.9 Å². The van der Waals surface area contributed by atoms with Crippen molar-refractivity contribution in [3.8, 4) is 11.6 Å². The Morgan fingerprint density at radius 2 is 1.68 bits per heavy atom. The standard InChI is InChI=1S/C32H40F4N2O6/c1-6-31(11-12-31)21-13-24(32(34,35)36)28(37-16-21)44-27-14-23(30(40)43-5)26(15-25(27)33)38(22(17-41-3)18-42-4)29(39)20-9-7-19(2)8-10-20/h13-16,19-20,22H,6-12,17-18H2,1-5H3. The molecule has 4 rings (SSSR count). The molecular weight excluding hydrogens is 584 g/mol. The van der Waals surface area contributed by atoms with Crippen LogP contribution in [0.1, 0.15) is 80.3 Å². The van der Waals surface area contributed by atoms with E-state index in [0.29, 0.717) is 30.7 Å². The summed E-state index contributed by atoms with van der Waals surface area (Å²) in [7, 11) is 3.98. The van der Waals surface area contributed by atoms with Gasteiger partial charge in [0.25, 0.3) is 0 Å². The van der Waals surface area contributed by atoms with Crippen molar-refractivity contribution in [3.63, 3.8) is 0 Å². The lowest BCUT2D eigenvalue weighted by Crippen LogP contribution is -2.49. The molecule has 1 heterocycles. The van der Waals surface area contributed by atoms with Crippen LogP contribution < -0.4 is 9.64 Å². The SMILES string of the molecule is CCC1(c2cnc(Oc3cc(C(=O)OC)c(N(C(=O)C4CCC(C)CC4)C(COC)COC)cc3F)c(C(F)(F)F)c2)CC1. The van der Waals surface area contributed by atoms with Gasteiger partial charge in [-0.2, -0.15) is 13.2 Å². The van der Waals surface area contributed by atoms with Crippen molar-refractivity contribution in [1.29, 1.82) is 0 Å². The molecule has 1 amide bonds. The molecule has 2 aromatic rings. The summed E-state index contributed by atoms with van der Waals surface area (Å²) in [4.78, 5) is 32.3. The van der Waals surface area contributed by atoms with E-state index in [1.54, 1.807) is 0 Å². The number of anilines is 1. The van der Waals surface area contributed by atoms with Crippen molar-refractivity contribution in [2.45, 2.75) is 76.4 Å². The molecule has 0 radical (unpaired) electrons. The third-order valence-electron chi connectivity index (χ3n) is 8.91. The fourth-order valence-corrected chi connectivity index (χ4v) is 6.00. The minimum absolute atomic E-state index is 0.00759. The van der Waals surface area contributed by atoms with E-state index < -0.39 is 41.2 Å². The number of nitrogens with zero attached hydrogens (tertiary/aromatic N) is 2. The highest BCUT2D eigenvalue weighted by molar-refractivity contribution is 6.04. The number of aromatic nitrogens is 1. The second-order valence-corrected chi connectivity index (χ2v) is 11.8. The topological polar surface area (TPSA) is 87.2 Å². The van der Waals surface area contributed by atoms with Crippen molar-refractivity contribution < 1.29 is 46.1 Å². The van der Waals surface area contributed by atoms with E-state index in [4.69, 9.17) is 18.9 Å². The average molecular weight is 625 g/mol. The Morgan fingerprint density at radius 1 is 1.05 bits per heavy atom. The molecule has 242 valence electrons. The smallest absolute Gasteiger partial charge is 0.421 e. The van der Waals surface area contributed by atoms with Gasteiger partial charge >= 0.3 is 12.1 Å². The van der Waals surface area contributed by atoms with Crippen molar-refractivity contribution in [2.24, 2.45) is 11.8 Å². The predicted octanol–water partition coefficient (Wildman–Crippen LogP) is 7.08. The number of hydrogen-bond acceptors (Lipinski definition) is 7. The summed E-state index contributed by atoms with van der Waals surface area (Å²) < 4.78 is 79.3. The third-order valence-corrected chi connectivity index (χ3v) is 8.91. The van der Waals surface area contributed by atoms with Gasteiger partial charge in [0, 0.05) is 38.5 Å². The zero-order valence-corrected chi connectivity index (χ0v) is 25.8. The first-order valence-corrected chi connectivity index (χ1v) is 14.9. The molecule has 1 aromatic carbocycles. The summed E-state index contributed by atoms with van der Waals surface area (Å²) in [5.74, 6) is -3.82. The van der Waals surface area contributed by atoms with Crippen LogP contribution in [0.25, 0.3) is 0 Å². The molecule has 8 nitrogen and oxygen atoms in total. The van der Waals surface area contributed by atoms with Crippen LogP contribution in [0.4, 0.5) is 23.2 Å². The van der Waals surface area contributed by atoms with Crippen LogP contribution in [0.15, 0.2) is 24.4 Å². The highest BCUT2D eigenvalue weighted by Crippen LogP contribution is 2.52. The highest BCUT2D eigenvalue weighted by atomic mass is 19.4. The Kier molecular flexibility index (Phi) is 10.6. The van der Waals surface area contributed by atoms with E-state index in [0.717, 1.165) is 51.0 Å². The summed E-state index contributed by atoms with van der Waals surface area (Å²) >= 11 is 0. The van der Waals surface area contributed by atoms with Crippen LogP contribution in [0.5, 0.6) is 11.6 Å². The number of benzene rings is 1. The van der Waals surface area contributed by atoms with Gasteiger partial charge in [-0.1, -0.05) is 13.8 Å². The number of methoxy groups -OCH3 is 3. The minimum Gasteiger partial charge on any atom is -0.465 e. The van der Waals surface area contributed by atoms with E-state index in [9.17, 15) is 22.8 Å². The molecule has 12 heteroatoms. The molecule has 0 unspecified atom stereocenters. The number of carbonyl (C=O) groups is 2. The van der Waals surface area contributed by atoms with Gasteiger partial charge < -0.3 is 23.8 Å². The average Bonchev–Trinajstić information content (AvgIpc) is 3.79. The summed E-state index contributed by atoms with van der Waals surface area (Å²) in [5, 5.41) is 0. The van der Waals surface area contributed by atoms with E-state index in [1.165, 1.54) is 25.3 Å². The highest BCUT2D eigenvalue weighted by Gasteiger charge is 2.45. The first kappa shape index (κ1) is 33.6. The molecule has 0 atom stereocenters. The molecule has 0 N–H and O–H groups in total. The number of alkyl halides is 3. The van der Waals surface area contributed by atoms with Gasteiger partial charge in [-0.25, -0.2) is 14.2 Å². The molecular formula is C32H40F4N2O6. The molecule has 2 saturated carbocycles. The van der Waals surface area contributed by atoms with Crippen molar-refractivity contribution >= 4 is 17.6 Å². The van der Waals surface area contributed by atoms with Gasteiger partial charge in [0.1, 0.15) is 5.56 Å². The monoisotopic (exact) mass is 624 g/mol. The Morgan fingerprint density at radius 3 is 2.20 bits per heavy atom. The zero-order chi connectivity index (χ0) is 32.2. The summed E-state index contributed by atoms with van der Waals surface area (Å²) in [6.45, 7) is 4.03. The summed E-state index contributed by atoms with van der Waals surface area (Å²) in [6.07, 6.45) is 1.55. The second-order valence-electron chi connectivity index (χ2n) is 11.8. The summed E-state index contributed by atoms with van der Waals surface area (Å²) in [6, 6.07) is 2.10. The number of pyridine rings is 1. The minimum atomic E-state index is -4.84. The van der Waals surface area contributed by atoms with Crippen molar-refractivity contribution in [3.05, 3.63) is 46.9 Å². The number of esters is 1. The fraction of sp³-hybridized carbons (Fsp3) is 0.594. The van der Waals surface area contributed by atoms with Crippen LogP contribution in [-0.2, 0) is 30.6 Å². The van der Waals surface area contributed by atoms with Crippen LogP contribution >= 0.6 is 0 Å². The number of ether oxygens (including phenoxy) is 4. The van der Waals surface area contributed by atoms with Gasteiger partial charge in [0.2, 0.25) is 11.8 Å². The van der Waals surface area contributed by atoms with Gasteiger partial charge in [-0.15, -0.1) is 0 Å². The number of hydrogen-bond donors (Lipinski definition) is 0. The first-order chi connectivity index (χ1) is 20.9. The first-order valence-electron chi connectivity index (χ1n) is 14.9. The molecule has 1 aromatic heterocycles. The number of rotatable bonds is 12. The Labute approximate surface area is 255 Å². The molecule has 2 aliphatic rings. The lowest BCUT2D eigenvalue weighted by atomic mass is 9.82. The zero-order valence-electron chi connectivity index (χ0n) is 25.8. The number of halogens is 4. The second kappa shape index (κ2) is 13.8. The van der Waals surface area contributed by atoms with E-state index >= 15 is 4.39 Å². The van der Waals surface area contributed by atoms with Gasteiger partial charge in [-0.05, 0) is 67.9 Å². The molecule has 0 aliphatic heterocycles. The maximum absolute atomic E-state index is 15.8. The molecule has 2 aliphatic carbocycles. The van der Waals surface area contributed by atoms with Crippen LogP contribution in [0, 0.1) is 17.7 Å². The largest absolute Gasteiger partial charge is 0.465 e. The Balaban J connectivity index is 1.80.